The van der Waals surface area contributed by atoms with Crippen molar-refractivity contribution in [3.05, 3.63) is 138 Å². The number of unbranched alkanes of at least 4 members (excludes halogenated alkanes) is 24. The minimum absolute atomic E-state index is 0.0782. The number of benzene rings is 5. The summed E-state index contributed by atoms with van der Waals surface area (Å²) >= 11 is 0. The van der Waals surface area contributed by atoms with Crippen LogP contribution in [0, 0.1) is 0 Å². The summed E-state index contributed by atoms with van der Waals surface area (Å²) in [5.74, 6) is 0.377. The topological polar surface area (TPSA) is 108 Å². The van der Waals surface area contributed by atoms with Crippen molar-refractivity contribution in [1.82, 2.24) is 0 Å². The Hall–Kier alpha value is -6.09. The van der Waals surface area contributed by atoms with E-state index in [0.29, 0.717) is 52.8 Å². The van der Waals surface area contributed by atoms with Gasteiger partial charge in [-0.25, -0.2) is 9.59 Å². The Bertz CT molecular complexity index is 2280. The second-order valence-corrected chi connectivity index (χ2v) is 19.0. The number of hydrogen-bond acceptors (Lipinski definition) is 9. The van der Waals surface area contributed by atoms with Crippen molar-refractivity contribution in [1.29, 1.82) is 0 Å². The van der Waals surface area contributed by atoms with Gasteiger partial charge in [-0.2, -0.15) is 10.2 Å². The fraction of sp³-hybridized carbons (Fsp3) is 0.476. The van der Waals surface area contributed by atoms with E-state index in [1.807, 2.05) is 54.6 Å². The summed E-state index contributed by atoms with van der Waals surface area (Å²) in [6, 6.07) is 35.8. The summed E-state index contributed by atoms with van der Waals surface area (Å²) in [7, 11) is 0. The number of carbonyl (C=O) groups excluding carboxylic acids is 2. The monoisotopic (exact) mass is 978 g/mol. The summed E-state index contributed by atoms with van der Waals surface area (Å²) < 4.78 is 23.8. The predicted molar refractivity (Wildman–Crippen MR) is 296 cm³/mol. The quantitative estimate of drug-likeness (QED) is 0.0128. The van der Waals surface area contributed by atoms with E-state index >= 15 is 0 Å². The lowest BCUT2D eigenvalue weighted by Gasteiger charge is -2.12. The smallest absolute Gasteiger partial charge is 0.343 e. The number of azo groups is 1. The van der Waals surface area contributed by atoms with E-state index in [4.69, 9.17) is 18.9 Å². The molecule has 0 saturated carbocycles. The Morgan fingerprint density at radius 2 is 0.764 bits per heavy atom. The molecule has 0 N–H and O–H groups in total. The summed E-state index contributed by atoms with van der Waals surface area (Å²) in [5, 5.41) is 8.59. The molecule has 0 heterocycles. The molecule has 5 aromatic carbocycles. The first-order valence-corrected chi connectivity index (χ1v) is 27.7. The van der Waals surface area contributed by atoms with Gasteiger partial charge >= 0.3 is 11.9 Å². The largest absolute Gasteiger partial charge is 0.494 e. The molecular weight excluding hydrogens is 895 g/mol. The van der Waals surface area contributed by atoms with Gasteiger partial charge in [0.05, 0.1) is 41.4 Å². The molecule has 0 bridgehead atoms. The molecule has 0 aliphatic carbocycles. The molecule has 0 aliphatic heterocycles. The first kappa shape index (κ1) is 56.8. The van der Waals surface area contributed by atoms with Crippen LogP contribution in [-0.2, 0) is 0 Å². The number of aliphatic imine (C=N–C) groups is 1. The third-order valence-corrected chi connectivity index (χ3v) is 12.8. The highest BCUT2D eigenvalue weighted by Crippen LogP contribution is 2.31. The molecule has 0 fully saturated rings. The molecule has 0 unspecified atom stereocenters. The molecule has 0 aliphatic rings. The fourth-order valence-electron chi connectivity index (χ4n) is 8.45. The van der Waals surface area contributed by atoms with Crippen LogP contribution in [-0.4, -0.2) is 31.4 Å². The summed E-state index contributed by atoms with van der Waals surface area (Å²) in [6.45, 7) is 5.80. The zero-order valence-corrected chi connectivity index (χ0v) is 43.7. The molecule has 0 atom stereocenters. The maximum Gasteiger partial charge on any atom is 0.343 e. The minimum atomic E-state index is -0.602. The molecule has 5 rings (SSSR count). The van der Waals surface area contributed by atoms with Crippen LogP contribution < -0.4 is 18.9 Å². The average molecular weight is 978 g/mol. The lowest BCUT2D eigenvalue weighted by molar-refractivity contribution is 0.0682. The van der Waals surface area contributed by atoms with Gasteiger partial charge in [0.25, 0.3) is 0 Å². The molecule has 0 amide bonds. The van der Waals surface area contributed by atoms with Crippen LogP contribution in [0.2, 0.25) is 0 Å². The van der Waals surface area contributed by atoms with Crippen LogP contribution in [0.25, 0.3) is 0 Å². The predicted octanol–water partition coefficient (Wildman–Crippen LogP) is 19.2. The second kappa shape index (κ2) is 35.9. The van der Waals surface area contributed by atoms with E-state index in [1.165, 1.54) is 141 Å². The number of nitrogens with zero attached hydrogens (tertiary/aromatic N) is 3. The molecule has 0 aromatic heterocycles. The highest BCUT2D eigenvalue weighted by atomic mass is 16.6. The number of rotatable bonds is 38. The van der Waals surface area contributed by atoms with Crippen LogP contribution in [0.5, 0.6) is 23.0 Å². The number of hydrogen-bond donors (Lipinski definition) is 0. The highest BCUT2D eigenvalue weighted by molar-refractivity contribution is 5.94. The van der Waals surface area contributed by atoms with E-state index in [2.05, 4.69) is 29.1 Å². The Morgan fingerprint density at radius 1 is 0.389 bits per heavy atom. The Morgan fingerprint density at radius 3 is 1.19 bits per heavy atom. The first-order valence-electron chi connectivity index (χ1n) is 27.7. The van der Waals surface area contributed by atoms with E-state index in [0.717, 1.165) is 31.4 Å². The van der Waals surface area contributed by atoms with Crippen molar-refractivity contribution >= 4 is 35.2 Å². The number of ether oxygens (including phenoxy) is 4. The van der Waals surface area contributed by atoms with Gasteiger partial charge in [-0.05, 0) is 122 Å². The third kappa shape index (κ3) is 23.9. The Kier molecular flexibility index (Phi) is 28.3. The molecular formula is C63H83N3O6. The normalized spacial score (nSPS) is 11.4. The molecule has 72 heavy (non-hydrogen) atoms. The van der Waals surface area contributed by atoms with Crippen molar-refractivity contribution in [2.24, 2.45) is 15.2 Å². The van der Waals surface area contributed by atoms with Crippen LogP contribution in [0.15, 0.2) is 137 Å². The molecule has 5 aromatic rings. The second-order valence-electron chi connectivity index (χ2n) is 19.0. The Balaban J connectivity index is 1.10. The van der Waals surface area contributed by atoms with E-state index in [-0.39, 0.29) is 11.5 Å². The molecule has 0 saturated heterocycles. The molecule has 0 spiro atoms. The zero-order chi connectivity index (χ0) is 50.5. The van der Waals surface area contributed by atoms with Crippen molar-refractivity contribution in [3.63, 3.8) is 0 Å². The highest BCUT2D eigenvalue weighted by Gasteiger charge is 2.18. The van der Waals surface area contributed by atoms with Crippen LogP contribution >= 0.6 is 0 Å². The molecule has 9 heteroatoms. The lowest BCUT2D eigenvalue weighted by atomic mass is 10.0. The van der Waals surface area contributed by atoms with Gasteiger partial charge in [-0.1, -0.05) is 186 Å². The summed E-state index contributed by atoms with van der Waals surface area (Å²) in [4.78, 5) is 31.7. The number of carbonyl (C=O) groups is 2. The van der Waals surface area contributed by atoms with E-state index in [1.54, 1.807) is 72.9 Å². The minimum Gasteiger partial charge on any atom is -0.494 e. The van der Waals surface area contributed by atoms with Crippen LogP contribution in [0.4, 0.5) is 17.1 Å². The van der Waals surface area contributed by atoms with Gasteiger partial charge in [0.1, 0.15) is 11.5 Å². The first-order chi connectivity index (χ1) is 35.5. The van der Waals surface area contributed by atoms with Gasteiger partial charge < -0.3 is 18.9 Å². The molecule has 0 radical (unpaired) electrons. The summed E-state index contributed by atoms with van der Waals surface area (Å²) in [6.07, 6.45) is 35.5. The third-order valence-electron chi connectivity index (χ3n) is 12.8. The number of esters is 2. The van der Waals surface area contributed by atoms with Crippen molar-refractivity contribution in [2.45, 2.75) is 181 Å². The summed E-state index contributed by atoms with van der Waals surface area (Å²) in [5.41, 5.74) is 3.46. The van der Waals surface area contributed by atoms with Gasteiger partial charge in [0, 0.05) is 6.21 Å². The fourth-order valence-corrected chi connectivity index (χ4v) is 8.45. The Labute approximate surface area is 432 Å². The molecule has 386 valence electrons. The van der Waals surface area contributed by atoms with E-state index in [9.17, 15) is 9.59 Å². The van der Waals surface area contributed by atoms with Gasteiger partial charge in [-0.15, -0.1) is 0 Å². The van der Waals surface area contributed by atoms with Crippen molar-refractivity contribution < 1.29 is 28.5 Å². The standard InChI is InChI=1S/C63H83N3O6/c1-3-5-7-9-11-13-15-17-19-21-23-25-30-48-69-58-43-35-53(36-44-58)62(67)71-60-47-34-52(51-64-55-39-41-57(42-40-55)66-65-56-32-28-27-29-33-56)50-61(60)72-63(68)54-37-45-59(46-38-54)70-49-31-26-24-22-20-18-16-14-12-10-8-6-4-2/h27-29,32-47,50-51H,3-26,30-31,48-49H2,1-2H3. The van der Waals surface area contributed by atoms with Gasteiger partial charge in [0.15, 0.2) is 11.5 Å². The SMILES string of the molecule is CCCCCCCCCCCCCCCOc1ccc(C(=O)Oc2ccc(C=Nc3ccc(N=Nc4ccccc4)cc3)cc2OC(=O)c2ccc(OCCCCCCCCCCCCCCC)cc2)cc1. The average Bonchev–Trinajstić information content (AvgIpc) is 3.41. The van der Waals surface area contributed by atoms with Gasteiger partial charge in [0.2, 0.25) is 0 Å². The zero-order valence-electron chi connectivity index (χ0n) is 43.7. The lowest BCUT2D eigenvalue weighted by Crippen LogP contribution is -2.13. The van der Waals surface area contributed by atoms with Crippen LogP contribution in [0.1, 0.15) is 207 Å². The van der Waals surface area contributed by atoms with Gasteiger partial charge in [-0.3, -0.25) is 4.99 Å². The van der Waals surface area contributed by atoms with Crippen molar-refractivity contribution in [3.8, 4) is 23.0 Å². The van der Waals surface area contributed by atoms with Crippen molar-refractivity contribution in [2.75, 3.05) is 13.2 Å². The van der Waals surface area contributed by atoms with Crippen LogP contribution in [0.3, 0.4) is 0 Å². The maximum atomic E-state index is 13.6. The maximum absolute atomic E-state index is 13.6. The molecule has 9 nitrogen and oxygen atoms in total. The van der Waals surface area contributed by atoms with E-state index < -0.39 is 11.9 Å².